The molecule has 2 rings (SSSR count). The molecule has 0 fully saturated rings. The molecule has 0 N–H and O–H groups in total. The summed E-state index contributed by atoms with van der Waals surface area (Å²) < 4.78 is 12.9. The van der Waals surface area contributed by atoms with Gasteiger partial charge >= 0.3 is 0 Å². The van der Waals surface area contributed by atoms with Crippen LogP contribution < -0.4 is 0 Å². The van der Waals surface area contributed by atoms with Gasteiger partial charge in [0.15, 0.2) is 0 Å². The lowest BCUT2D eigenvalue weighted by atomic mass is 10.1. The van der Waals surface area contributed by atoms with Gasteiger partial charge in [-0.25, -0.2) is 4.39 Å². The highest BCUT2D eigenvalue weighted by Gasteiger charge is 2.29. The summed E-state index contributed by atoms with van der Waals surface area (Å²) >= 11 is 0. The van der Waals surface area contributed by atoms with Crippen molar-refractivity contribution in [1.82, 2.24) is 4.90 Å². The van der Waals surface area contributed by atoms with Gasteiger partial charge < -0.3 is 9.74 Å². The first kappa shape index (κ1) is 14.2. The summed E-state index contributed by atoms with van der Waals surface area (Å²) in [6.45, 7) is 6.29. The molecule has 0 radical (unpaired) electrons. The van der Waals surface area contributed by atoms with E-state index in [1.54, 1.807) is 23.1 Å². The van der Waals surface area contributed by atoms with Crippen molar-refractivity contribution >= 4 is 11.6 Å². The van der Waals surface area contributed by atoms with Gasteiger partial charge in [-0.15, -0.1) is 6.58 Å². The summed E-state index contributed by atoms with van der Waals surface area (Å²) in [4.78, 5) is 19.1. The van der Waals surface area contributed by atoms with Gasteiger partial charge in [-0.1, -0.05) is 23.4 Å². The second-order valence-corrected chi connectivity index (χ2v) is 4.76. The minimum atomic E-state index is -0.560. The standard InChI is InChI=1S/C15H17FN2O2/c1-3-8-18(10-12-4-6-13(16)7-5-12)15(19)14-9-11(2)17-20-14/h3-7,14H,1,8-10H2,2H3/t14-/m1/s1. The largest absolute Gasteiger partial charge is 0.382 e. The SMILES string of the molecule is C=CCN(Cc1ccc(F)cc1)C(=O)[C@H]1CC(C)=NO1. The highest BCUT2D eigenvalue weighted by molar-refractivity contribution is 5.91. The number of rotatable bonds is 5. The van der Waals surface area contributed by atoms with E-state index in [-0.39, 0.29) is 11.7 Å². The number of benzene rings is 1. The van der Waals surface area contributed by atoms with Crippen molar-refractivity contribution in [2.24, 2.45) is 5.16 Å². The van der Waals surface area contributed by atoms with Crippen molar-refractivity contribution in [3.05, 3.63) is 48.3 Å². The summed E-state index contributed by atoms with van der Waals surface area (Å²) in [5.41, 5.74) is 1.67. The van der Waals surface area contributed by atoms with Crippen LogP contribution in [0.5, 0.6) is 0 Å². The van der Waals surface area contributed by atoms with Crippen LogP contribution in [-0.4, -0.2) is 29.2 Å². The van der Waals surface area contributed by atoms with Crippen molar-refractivity contribution in [3.8, 4) is 0 Å². The van der Waals surface area contributed by atoms with E-state index in [1.807, 2.05) is 6.92 Å². The van der Waals surface area contributed by atoms with E-state index in [2.05, 4.69) is 11.7 Å². The Morgan fingerprint density at radius 2 is 2.25 bits per heavy atom. The van der Waals surface area contributed by atoms with Crippen LogP contribution in [0.25, 0.3) is 0 Å². The Kier molecular flexibility index (Phi) is 4.50. The maximum absolute atomic E-state index is 12.9. The number of hydrogen-bond acceptors (Lipinski definition) is 3. The molecule has 0 aliphatic carbocycles. The maximum atomic E-state index is 12.9. The zero-order chi connectivity index (χ0) is 14.5. The molecule has 0 saturated carbocycles. The van der Waals surface area contributed by atoms with Crippen molar-refractivity contribution in [1.29, 1.82) is 0 Å². The zero-order valence-corrected chi connectivity index (χ0v) is 11.4. The average Bonchev–Trinajstić information content (AvgIpc) is 2.86. The van der Waals surface area contributed by atoms with Gasteiger partial charge in [0.05, 0.1) is 5.71 Å². The van der Waals surface area contributed by atoms with E-state index in [9.17, 15) is 9.18 Å². The minimum Gasteiger partial charge on any atom is -0.382 e. The predicted molar refractivity (Wildman–Crippen MR) is 74.6 cm³/mol. The first-order chi connectivity index (χ1) is 9.60. The van der Waals surface area contributed by atoms with Gasteiger partial charge in [-0.3, -0.25) is 4.79 Å². The first-order valence-electron chi connectivity index (χ1n) is 6.43. The number of amides is 1. The van der Waals surface area contributed by atoms with E-state index in [1.165, 1.54) is 12.1 Å². The number of nitrogens with zero attached hydrogens (tertiary/aromatic N) is 2. The summed E-state index contributed by atoms with van der Waals surface area (Å²) in [7, 11) is 0. The number of carbonyl (C=O) groups is 1. The average molecular weight is 276 g/mol. The predicted octanol–water partition coefficient (Wildman–Crippen LogP) is 2.51. The second kappa shape index (κ2) is 6.32. The molecule has 0 spiro atoms. The Morgan fingerprint density at radius 3 is 2.80 bits per heavy atom. The van der Waals surface area contributed by atoms with E-state index in [4.69, 9.17) is 4.84 Å². The Bertz CT molecular complexity index is 525. The van der Waals surface area contributed by atoms with Crippen molar-refractivity contribution in [3.63, 3.8) is 0 Å². The lowest BCUT2D eigenvalue weighted by Gasteiger charge is -2.23. The van der Waals surface area contributed by atoms with Crippen molar-refractivity contribution in [2.45, 2.75) is 26.0 Å². The second-order valence-electron chi connectivity index (χ2n) is 4.76. The summed E-state index contributed by atoms with van der Waals surface area (Å²) in [5.74, 6) is -0.423. The van der Waals surface area contributed by atoms with Crippen LogP contribution in [-0.2, 0) is 16.2 Å². The number of carbonyl (C=O) groups excluding carboxylic acids is 1. The molecule has 1 aliphatic heterocycles. The zero-order valence-electron chi connectivity index (χ0n) is 11.4. The molecule has 20 heavy (non-hydrogen) atoms. The topological polar surface area (TPSA) is 41.9 Å². The maximum Gasteiger partial charge on any atom is 0.267 e. The van der Waals surface area contributed by atoms with Crippen LogP contribution in [0.2, 0.25) is 0 Å². The third-order valence-electron chi connectivity index (χ3n) is 3.04. The summed E-state index contributed by atoms with van der Waals surface area (Å²) in [6.07, 6.45) is 1.61. The van der Waals surface area contributed by atoms with E-state index >= 15 is 0 Å². The molecule has 1 aliphatic rings. The van der Waals surface area contributed by atoms with Crippen LogP contribution in [0, 0.1) is 5.82 Å². The Hall–Kier alpha value is -2.17. The monoisotopic (exact) mass is 276 g/mol. The molecule has 1 heterocycles. The lowest BCUT2D eigenvalue weighted by Crippen LogP contribution is -2.39. The van der Waals surface area contributed by atoms with Crippen LogP contribution in [0.4, 0.5) is 4.39 Å². The minimum absolute atomic E-state index is 0.130. The van der Waals surface area contributed by atoms with E-state index in [0.29, 0.717) is 19.5 Å². The molecule has 5 heteroatoms. The number of oxime groups is 1. The van der Waals surface area contributed by atoms with Gasteiger partial charge in [-0.05, 0) is 24.6 Å². The summed E-state index contributed by atoms with van der Waals surface area (Å²) in [5, 5.41) is 3.79. The summed E-state index contributed by atoms with van der Waals surface area (Å²) in [6, 6.07) is 6.09. The van der Waals surface area contributed by atoms with Gasteiger partial charge in [0.2, 0.25) is 6.10 Å². The fourth-order valence-corrected chi connectivity index (χ4v) is 2.03. The van der Waals surface area contributed by atoms with Gasteiger partial charge in [-0.2, -0.15) is 0 Å². The Morgan fingerprint density at radius 1 is 1.55 bits per heavy atom. The van der Waals surface area contributed by atoms with Crippen LogP contribution in [0.1, 0.15) is 18.9 Å². The molecule has 0 aromatic heterocycles. The molecule has 1 aromatic rings. The molecule has 4 nitrogen and oxygen atoms in total. The quantitative estimate of drug-likeness (QED) is 0.775. The smallest absolute Gasteiger partial charge is 0.267 e. The van der Waals surface area contributed by atoms with Crippen LogP contribution >= 0.6 is 0 Å². The van der Waals surface area contributed by atoms with E-state index in [0.717, 1.165) is 11.3 Å². The third-order valence-corrected chi connectivity index (χ3v) is 3.04. The normalized spacial score (nSPS) is 17.3. The van der Waals surface area contributed by atoms with Crippen molar-refractivity contribution in [2.75, 3.05) is 6.54 Å². The Labute approximate surface area is 117 Å². The van der Waals surface area contributed by atoms with Crippen LogP contribution in [0.3, 0.4) is 0 Å². The van der Waals surface area contributed by atoms with Gasteiger partial charge in [0.25, 0.3) is 5.91 Å². The number of hydrogen-bond donors (Lipinski definition) is 0. The molecule has 106 valence electrons. The molecular weight excluding hydrogens is 259 g/mol. The Balaban J connectivity index is 2.04. The fraction of sp³-hybridized carbons (Fsp3) is 0.333. The molecule has 0 bridgehead atoms. The lowest BCUT2D eigenvalue weighted by molar-refractivity contribution is -0.142. The van der Waals surface area contributed by atoms with Gasteiger partial charge in [0, 0.05) is 19.5 Å². The molecule has 1 atom stereocenters. The van der Waals surface area contributed by atoms with Crippen LogP contribution in [0.15, 0.2) is 42.1 Å². The molecule has 0 saturated heterocycles. The number of halogens is 1. The van der Waals surface area contributed by atoms with Crippen molar-refractivity contribution < 1.29 is 14.0 Å². The third kappa shape index (κ3) is 3.44. The molecule has 1 amide bonds. The first-order valence-corrected chi connectivity index (χ1v) is 6.43. The van der Waals surface area contributed by atoms with E-state index < -0.39 is 6.10 Å². The highest BCUT2D eigenvalue weighted by atomic mass is 19.1. The molecule has 1 aromatic carbocycles. The molecular formula is C15H17FN2O2. The molecule has 0 unspecified atom stereocenters. The highest BCUT2D eigenvalue weighted by Crippen LogP contribution is 2.15. The van der Waals surface area contributed by atoms with Gasteiger partial charge in [0.1, 0.15) is 5.82 Å². The fourth-order valence-electron chi connectivity index (χ4n) is 2.03.